The summed E-state index contributed by atoms with van der Waals surface area (Å²) in [4.78, 5) is 14.5. The minimum absolute atomic E-state index is 0.308. The highest BCUT2D eigenvalue weighted by Gasteiger charge is 2.66. The normalized spacial score (nSPS) is 42.9. The summed E-state index contributed by atoms with van der Waals surface area (Å²) in [6.45, 7) is 4.17. The predicted octanol–water partition coefficient (Wildman–Crippen LogP) is 4.24. The van der Waals surface area contributed by atoms with E-state index in [1.54, 1.807) is 0 Å². The summed E-state index contributed by atoms with van der Waals surface area (Å²) in [6, 6.07) is 8.43. The van der Waals surface area contributed by atoms with Gasteiger partial charge in [-0.3, -0.25) is 4.90 Å². The molecule has 0 radical (unpaired) electrons. The summed E-state index contributed by atoms with van der Waals surface area (Å²) in [5.41, 5.74) is 1.34. The Labute approximate surface area is 214 Å². The van der Waals surface area contributed by atoms with E-state index < -0.39 is 17.7 Å². The Balaban J connectivity index is 0.910. The van der Waals surface area contributed by atoms with E-state index in [1.165, 1.54) is 37.7 Å². The molecule has 1 aromatic carbocycles. The smallest absolute Gasteiger partial charge is 0.210 e. The highest BCUT2D eigenvalue weighted by atomic mass is 17.3. The second-order valence-electron chi connectivity index (χ2n) is 12.4. The molecular formula is C29H41NO6. The number of benzene rings is 1. The molecule has 5 saturated carbocycles. The minimum Gasteiger partial charge on any atom is -0.491 e. The first kappa shape index (κ1) is 23.9. The number of aliphatic hydroxyl groups is 1. The summed E-state index contributed by atoms with van der Waals surface area (Å²) in [6.07, 6.45) is 9.81. The van der Waals surface area contributed by atoms with Gasteiger partial charge in [0, 0.05) is 44.3 Å². The van der Waals surface area contributed by atoms with Crippen LogP contribution in [0.2, 0.25) is 0 Å². The molecule has 0 amide bonds. The Morgan fingerprint density at radius 2 is 1.58 bits per heavy atom. The monoisotopic (exact) mass is 499 g/mol. The van der Waals surface area contributed by atoms with Crippen LogP contribution in [0.1, 0.15) is 69.3 Å². The quantitative estimate of drug-likeness (QED) is 0.587. The first-order valence-electron chi connectivity index (χ1n) is 14.4. The van der Waals surface area contributed by atoms with Crippen molar-refractivity contribution in [2.24, 2.45) is 23.7 Å². The maximum atomic E-state index is 10.3. The number of nitrogens with zero attached hydrogens (tertiary/aromatic N) is 1. The van der Waals surface area contributed by atoms with Crippen LogP contribution in [0.3, 0.4) is 0 Å². The highest BCUT2D eigenvalue weighted by molar-refractivity contribution is 5.30. The van der Waals surface area contributed by atoms with Gasteiger partial charge in [0.15, 0.2) is 0 Å². The van der Waals surface area contributed by atoms with Crippen molar-refractivity contribution in [1.29, 1.82) is 0 Å². The SMILES string of the molecule is OC(COc1ccc(C2CCC3(CC2)OOC2(O3)C3CC4CC(C3)CC2C4)cc1)CN1CCOCC1. The predicted molar refractivity (Wildman–Crippen MR) is 132 cm³/mol. The van der Waals surface area contributed by atoms with Gasteiger partial charge in [0.05, 0.1) is 13.2 Å². The lowest BCUT2D eigenvalue weighted by molar-refractivity contribution is -0.390. The van der Waals surface area contributed by atoms with Gasteiger partial charge in [-0.2, -0.15) is 9.78 Å². The van der Waals surface area contributed by atoms with Crippen LogP contribution in [0.15, 0.2) is 24.3 Å². The first-order chi connectivity index (χ1) is 17.6. The van der Waals surface area contributed by atoms with Crippen molar-refractivity contribution >= 4 is 0 Å². The third-order valence-electron chi connectivity index (χ3n) is 10.1. The van der Waals surface area contributed by atoms with Gasteiger partial charge in [-0.15, -0.1) is 0 Å². The highest BCUT2D eigenvalue weighted by Crippen LogP contribution is 2.64. The summed E-state index contributed by atoms with van der Waals surface area (Å²) >= 11 is 0. The van der Waals surface area contributed by atoms with Crippen LogP contribution in [0.25, 0.3) is 0 Å². The zero-order valence-electron chi connectivity index (χ0n) is 21.3. The molecule has 4 bridgehead atoms. The molecule has 7 nitrogen and oxygen atoms in total. The molecule has 1 unspecified atom stereocenters. The third kappa shape index (κ3) is 4.40. The first-order valence-corrected chi connectivity index (χ1v) is 14.4. The maximum Gasteiger partial charge on any atom is 0.210 e. The number of aliphatic hydroxyl groups excluding tert-OH is 1. The van der Waals surface area contributed by atoms with E-state index >= 15 is 0 Å². The number of hydrogen-bond acceptors (Lipinski definition) is 7. The van der Waals surface area contributed by atoms with E-state index in [2.05, 4.69) is 17.0 Å². The van der Waals surface area contributed by atoms with Gasteiger partial charge < -0.3 is 19.3 Å². The van der Waals surface area contributed by atoms with Crippen molar-refractivity contribution in [3.8, 4) is 5.75 Å². The van der Waals surface area contributed by atoms with Gasteiger partial charge in [-0.05, 0) is 80.4 Å². The molecule has 7 fully saturated rings. The number of hydrogen-bond donors (Lipinski definition) is 1. The molecule has 198 valence electrons. The summed E-state index contributed by atoms with van der Waals surface area (Å²) in [5.74, 6) is 3.11. The van der Waals surface area contributed by atoms with E-state index in [4.69, 9.17) is 24.0 Å². The van der Waals surface area contributed by atoms with Crippen molar-refractivity contribution in [3.63, 3.8) is 0 Å². The molecule has 2 aliphatic heterocycles. The van der Waals surface area contributed by atoms with Crippen LogP contribution >= 0.6 is 0 Å². The largest absolute Gasteiger partial charge is 0.491 e. The third-order valence-corrected chi connectivity index (χ3v) is 10.1. The molecule has 5 aliphatic carbocycles. The fourth-order valence-corrected chi connectivity index (χ4v) is 8.35. The van der Waals surface area contributed by atoms with E-state index in [9.17, 15) is 5.11 Å². The Morgan fingerprint density at radius 3 is 2.25 bits per heavy atom. The summed E-state index contributed by atoms with van der Waals surface area (Å²) in [5, 5.41) is 10.3. The van der Waals surface area contributed by atoms with Crippen molar-refractivity contribution in [2.75, 3.05) is 39.5 Å². The molecule has 2 spiro atoms. The fourth-order valence-electron chi connectivity index (χ4n) is 8.35. The molecule has 2 saturated heterocycles. The van der Waals surface area contributed by atoms with Crippen LogP contribution < -0.4 is 4.74 Å². The zero-order valence-corrected chi connectivity index (χ0v) is 21.3. The topological polar surface area (TPSA) is 69.6 Å². The van der Waals surface area contributed by atoms with E-state index in [-0.39, 0.29) is 0 Å². The van der Waals surface area contributed by atoms with Crippen LogP contribution in [0, 0.1) is 23.7 Å². The molecular weight excluding hydrogens is 458 g/mol. The van der Waals surface area contributed by atoms with E-state index in [0.717, 1.165) is 69.6 Å². The second kappa shape index (κ2) is 9.51. The molecule has 0 aromatic heterocycles. The zero-order chi connectivity index (χ0) is 24.2. The number of ether oxygens (including phenoxy) is 3. The Morgan fingerprint density at radius 1 is 0.917 bits per heavy atom. The lowest BCUT2D eigenvalue weighted by Gasteiger charge is -2.57. The van der Waals surface area contributed by atoms with E-state index in [1.807, 2.05) is 12.1 Å². The molecule has 7 heteroatoms. The van der Waals surface area contributed by atoms with Crippen LogP contribution in [0.5, 0.6) is 5.75 Å². The molecule has 1 aromatic rings. The van der Waals surface area contributed by atoms with Crippen molar-refractivity contribution in [3.05, 3.63) is 29.8 Å². The van der Waals surface area contributed by atoms with Crippen LogP contribution in [-0.2, 0) is 19.2 Å². The fraction of sp³-hybridized carbons (Fsp3) is 0.793. The number of morpholine rings is 1. The van der Waals surface area contributed by atoms with Crippen molar-refractivity contribution < 1.29 is 29.1 Å². The maximum absolute atomic E-state index is 10.3. The standard InChI is InChI=1S/C29H41NO6/c31-26(18-30-9-11-32-12-10-30)19-33-27-3-1-22(2-4-27)23-5-7-28(8-6-23)34-29(36-35-28)24-14-20-13-21(16-24)17-25(29)15-20/h1-4,20-21,23-26,31H,5-19H2. The Kier molecular flexibility index (Phi) is 6.30. The van der Waals surface area contributed by atoms with Crippen molar-refractivity contribution in [1.82, 2.24) is 4.90 Å². The average Bonchev–Trinajstić information content (AvgIpc) is 3.27. The Bertz CT molecular complexity index is 879. The second-order valence-corrected chi connectivity index (χ2v) is 12.4. The molecule has 1 atom stereocenters. The molecule has 7 aliphatic rings. The van der Waals surface area contributed by atoms with Gasteiger partial charge in [0.25, 0.3) is 0 Å². The van der Waals surface area contributed by atoms with Crippen LogP contribution in [0.4, 0.5) is 0 Å². The summed E-state index contributed by atoms with van der Waals surface area (Å²) in [7, 11) is 0. The molecule has 8 rings (SSSR count). The van der Waals surface area contributed by atoms with Crippen LogP contribution in [-0.4, -0.2) is 67.1 Å². The number of β-amino-alcohol motifs (C(OH)–C–C–N with tert-alkyl or cyclic N) is 1. The molecule has 1 N–H and O–H groups in total. The van der Waals surface area contributed by atoms with Gasteiger partial charge in [0.2, 0.25) is 11.6 Å². The lowest BCUT2D eigenvalue weighted by atomic mass is 9.53. The van der Waals surface area contributed by atoms with Gasteiger partial charge in [-0.25, -0.2) is 0 Å². The summed E-state index contributed by atoms with van der Waals surface area (Å²) < 4.78 is 18.1. The molecule has 2 heterocycles. The minimum atomic E-state index is -0.550. The average molecular weight is 500 g/mol. The molecule has 36 heavy (non-hydrogen) atoms. The van der Waals surface area contributed by atoms with E-state index in [0.29, 0.717) is 30.9 Å². The number of rotatable bonds is 6. The lowest BCUT2D eigenvalue weighted by Crippen LogP contribution is -2.59. The van der Waals surface area contributed by atoms with Gasteiger partial charge >= 0.3 is 0 Å². The van der Waals surface area contributed by atoms with Gasteiger partial charge in [0.1, 0.15) is 18.5 Å². The van der Waals surface area contributed by atoms with Gasteiger partial charge in [-0.1, -0.05) is 12.1 Å². The Hall–Kier alpha value is -1.22. The van der Waals surface area contributed by atoms with Crippen molar-refractivity contribution in [2.45, 2.75) is 81.4 Å².